The van der Waals surface area contributed by atoms with Crippen LogP contribution in [0.5, 0.6) is 5.75 Å². The van der Waals surface area contributed by atoms with Gasteiger partial charge in [0.2, 0.25) is 0 Å². The van der Waals surface area contributed by atoms with Crippen LogP contribution in [-0.2, 0) is 0 Å². The molecule has 2 rings (SSSR count). The minimum atomic E-state index is 0.655. The van der Waals surface area contributed by atoms with Gasteiger partial charge in [0.15, 0.2) is 0 Å². The Balaban J connectivity index is 1.71. The van der Waals surface area contributed by atoms with Crippen LogP contribution in [0.25, 0.3) is 0 Å². The Kier molecular flexibility index (Phi) is 5.53. The third-order valence-corrected chi connectivity index (χ3v) is 3.82. The van der Waals surface area contributed by atoms with Crippen LogP contribution < -0.4 is 10.1 Å². The second-order valence-electron chi connectivity index (χ2n) is 5.20. The van der Waals surface area contributed by atoms with Gasteiger partial charge in [-0.3, -0.25) is 0 Å². The summed E-state index contributed by atoms with van der Waals surface area (Å²) in [7, 11) is 0. The topological polar surface area (TPSA) is 21.3 Å². The molecule has 0 aromatic heterocycles. The highest BCUT2D eigenvalue weighted by atomic mass is 16.5. The third kappa shape index (κ3) is 4.02. The Bertz CT molecular complexity index is 321. The molecule has 0 saturated heterocycles. The standard InChI is InChI=1S/C16H25NO/c1-2-12-17-16(14-7-6-8-14)11-13-18-15-9-4-3-5-10-15/h3-5,9-10,14,16-17H,2,6-8,11-13H2,1H3. The molecule has 2 nitrogen and oxygen atoms in total. The van der Waals surface area contributed by atoms with Crippen molar-refractivity contribution in [1.29, 1.82) is 0 Å². The number of nitrogens with one attached hydrogen (secondary N) is 1. The lowest BCUT2D eigenvalue weighted by molar-refractivity contribution is 0.190. The minimum Gasteiger partial charge on any atom is -0.494 e. The summed E-state index contributed by atoms with van der Waals surface area (Å²) in [6.07, 6.45) is 6.54. The van der Waals surface area contributed by atoms with E-state index in [9.17, 15) is 0 Å². The Labute approximate surface area is 111 Å². The van der Waals surface area contributed by atoms with Gasteiger partial charge in [-0.2, -0.15) is 0 Å². The Morgan fingerprint density at radius 3 is 2.67 bits per heavy atom. The van der Waals surface area contributed by atoms with E-state index in [1.54, 1.807) is 0 Å². The first-order chi connectivity index (χ1) is 8.90. The molecule has 0 amide bonds. The van der Waals surface area contributed by atoms with Crippen LogP contribution >= 0.6 is 0 Å². The maximum Gasteiger partial charge on any atom is 0.119 e. The molecule has 1 aromatic rings. The van der Waals surface area contributed by atoms with E-state index in [-0.39, 0.29) is 0 Å². The number of rotatable bonds is 8. The Hall–Kier alpha value is -1.02. The van der Waals surface area contributed by atoms with Gasteiger partial charge in [0.25, 0.3) is 0 Å². The first-order valence-corrected chi connectivity index (χ1v) is 7.31. The summed E-state index contributed by atoms with van der Waals surface area (Å²) in [5.74, 6) is 1.87. The Morgan fingerprint density at radius 2 is 2.06 bits per heavy atom. The maximum atomic E-state index is 5.80. The van der Waals surface area contributed by atoms with Gasteiger partial charge in [0.05, 0.1) is 6.61 Å². The van der Waals surface area contributed by atoms with Gasteiger partial charge in [0.1, 0.15) is 5.75 Å². The Morgan fingerprint density at radius 1 is 1.28 bits per heavy atom. The van der Waals surface area contributed by atoms with Crippen molar-refractivity contribution in [3.05, 3.63) is 30.3 Å². The van der Waals surface area contributed by atoms with Crippen molar-refractivity contribution >= 4 is 0 Å². The van der Waals surface area contributed by atoms with Crippen molar-refractivity contribution < 1.29 is 4.74 Å². The van der Waals surface area contributed by atoms with Crippen molar-refractivity contribution in [2.24, 2.45) is 5.92 Å². The van der Waals surface area contributed by atoms with Gasteiger partial charge in [-0.05, 0) is 50.3 Å². The van der Waals surface area contributed by atoms with Gasteiger partial charge in [-0.25, -0.2) is 0 Å². The zero-order valence-corrected chi connectivity index (χ0v) is 11.4. The maximum absolute atomic E-state index is 5.80. The van der Waals surface area contributed by atoms with E-state index in [4.69, 9.17) is 4.74 Å². The molecule has 1 unspecified atom stereocenters. The third-order valence-electron chi connectivity index (χ3n) is 3.82. The number of hydrogen-bond donors (Lipinski definition) is 1. The van der Waals surface area contributed by atoms with E-state index in [0.717, 1.165) is 31.2 Å². The van der Waals surface area contributed by atoms with Crippen molar-refractivity contribution in [2.45, 2.75) is 45.1 Å². The molecule has 1 saturated carbocycles. The molecule has 0 radical (unpaired) electrons. The molecular formula is C16H25NO. The van der Waals surface area contributed by atoms with Crippen LogP contribution in [0.4, 0.5) is 0 Å². The quantitative estimate of drug-likeness (QED) is 0.757. The first-order valence-electron chi connectivity index (χ1n) is 7.31. The molecule has 2 heteroatoms. The fourth-order valence-corrected chi connectivity index (χ4v) is 2.50. The molecular weight excluding hydrogens is 222 g/mol. The van der Waals surface area contributed by atoms with E-state index < -0.39 is 0 Å². The fraction of sp³-hybridized carbons (Fsp3) is 0.625. The summed E-state index contributed by atoms with van der Waals surface area (Å²) < 4.78 is 5.80. The SMILES string of the molecule is CCCNC(CCOc1ccccc1)C1CCC1. The smallest absolute Gasteiger partial charge is 0.119 e. The van der Waals surface area contributed by atoms with E-state index in [1.807, 2.05) is 30.3 Å². The number of para-hydroxylation sites is 1. The molecule has 0 bridgehead atoms. The number of hydrogen-bond acceptors (Lipinski definition) is 2. The normalized spacial score (nSPS) is 17.2. The first kappa shape index (κ1) is 13.4. The fourth-order valence-electron chi connectivity index (χ4n) is 2.50. The van der Waals surface area contributed by atoms with E-state index in [2.05, 4.69) is 12.2 Å². The van der Waals surface area contributed by atoms with E-state index >= 15 is 0 Å². The number of benzene rings is 1. The molecule has 0 aliphatic heterocycles. The lowest BCUT2D eigenvalue weighted by atomic mass is 9.78. The second-order valence-corrected chi connectivity index (χ2v) is 5.20. The summed E-state index contributed by atoms with van der Waals surface area (Å²) in [6.45, 7) is 4.18. The predicted molar refractivity (Wildman–Crippen MR) is 76.0 cm³/mol. The lowest BCUT2D eigenvalue weighted by Gasteiger charge is -2.34. The lowest BCUT2D eigenvalue weighted by Crippen LogP contribution is -2.40. The van der Waals surface area contributed by atoms with Crippen LogP contribution in [0.3, 0.4) is 0 Å². The van der Waals surface area contributed by atoms with Crippen LogP contribution in [0.2, 0.25) is 0 Å². The molecule has 1 atom stereocenters. The summed E-state index contributed by atoms with van der Waals surface area (Å²) >= 11 is 0. The molecule has 0 spiro atoms. The average molecular weight is 247 g/mol. The molecule has 0 heterocycles. The largest absolute Gasteiger partial charge is 0.494 e. The van der Waals surface area contributed by atoms with Crippen LogP contribution in [0, 0.1) is 5.92 Å². The molecule has 1 aliphatic rings. The molecule has 1 N–H and O–H groups in total. The van der Waals surface area contributed by atoms with Crippen LogP contribution in [-0.4, -0.2) is 19.2 Å². The summed E-state index contributed by atoms with van der Waals surface area (Å²) in [5.41, 5.74) is 0. The van der Waals surface area contributed by atoms with E-state index in [1.165, 1.54) is 25.7 Å². The van der Waals surface area contributed by atoms with Gasteiger partial charge < -0.3 is 10.1 Å². The van der Waals surface area contributed by atoms with Gasteiger partial charge in [0, 0.05) is 6.04 Å². The summed E-state index contributed by atoms with van der Waals surface area (Å²) in [5, 5.41) is 3.68. The zero-order chi connectivity index (χ0) is 12.6. The van der Waals surface area contributed by atoms with Gasteiger partial charge in [-0.15, -0.1) is 0 Å². The monoisotopic (exact) mass is 247 g/mol. The van der Waals surface area contributed by atoms with Crippen LogP contribution in [0.1, 0.15) is 39.0 Å². The predicted octanol–water partition coefficient (Wildman–Crippen LogP) is 3.62. The van der Waals surface area contributed by atoms with Gasteiger partial charge >= 0.3 is 0 Å². The highest BCUT2D eigenvalue weighted by molar-refractivity contribution is 5.20. The minimum absolute atomic E-state index is 0.655. The highest BCUT2D eigenvalue weighted by Crippen LogP contribution is 2.31. The number of ether oxygens (including phenoxy) is 1. The molecule has 1 aliphatic carbocycles. The molecule has 1 aromatic carbocycles. The molecule has 100 valence electrons. The van der Waals surface area contributed by atoms with E-state index in [0.29, 0.717) is 6.04 Å². The zero-order valence-electron chi connectivity index (χ0n) is 11.4. The summed E-state index contributed by atoms with van der Waals surface area (Å²) in [4.78, 5) is 0. The highest BCUT2D eigenvalue weighted by Gasteiger charge is 2.26. The van der Waals surface area contributed by atoms with Crippen molar-refractivity contribution in [3.63, 3.8) is 0 Å². The molecule has 18 heavy (non-hydrogen) atoms. The summed E-state index contributed by atoms with van der Waals surface area (Å²) in [6, 6.07) is 10.8. The second kappa shape index (κ2) is 7.42. The van der Waals surface area contributed by atoms with Crippen molar-refractivity contribution in [1.82, 2.24) is 5.32 Å². The van der Waals surface area contributed by atoms with Crippen LogP contribution in [0.15, 0.2) is 30.3 Å². The van der Waals surface area contributed by atoms with Gasteiger partial charge in [-0.1, -0.05) is 31.5 Å². The van der Waals surface area contributed by atoms with Crippen molar-refractivity contribution in [2.75, 3.05) is 13.2 Å². The van der Waals surface area contributed by atoms with Crippen molar-refractivity contribution in [3.8, 4) is 5.75 Å². The average Bonchev–Trinajstić information content (AvgIpc) is 2.35. The molecule has 1 fully saturated rings.